The van der Waals surface area contributed by atoms with Crippen LogP contribution in [0, 0.1) is 13.8 Å². The summed E-state index contributed by atoms with van der Waals surface area (Å²) in [6.07, 6.45) is 0. The molecule has 0 spiro atoms. The summed E-state index contributed by atoms with van der Waals surface area (Å²) < 4.78 is 34.0. The van der Waals surface area contributed by atoms with E-state index < -0.39 is 22.0 Å². The van der Waals surface area contributed by atoms with Crippen molar-refractivity contribution in [1.82, 2.24) is 4.72 Å². The number of methoxy groups -OCH3 is 1. The third-order valence-corrected chi connectivity index (χ3v) is 6.25. The highest BCUT2D eigenvalue weighted by atomic mass is 32.2. The van der Waals surface area contributed by atoms with E-state index in [1.165, 1.54) is 19.2 Å². The van der Waals surface area contributed by atoms with Crippen LogP contribution in [0.4, 0.5) is 0 Å². The molecule has 0 amide bonds. The maximum Gasteiger partial charge on any atom is 0.338 e. The molecular formula is C23H23NO4S. The van der Waals surface area contributed by atoms with Crippen molar-refractivity contribution in [3.63, 3.8) is 0 Å². The van der Waals surface area contributed by atoms with E-state index in [-0.39, 0.29) is 10.5 Å². The molecule has 0 saturated heterocycles. The minimum atomic E-state index is -3.91. The van der Waals surface area contributed by atoms with E-state index in [9.17, 15) is 13.2 Å². The predicted octanol–water partition coefficient (Wildman–Crippen LogP) is 4.16. The fraction of sp³-hybridized carbons (Fsp3) is 0.174. The zero-order valence-electron chi connectivity index (χ0n) is 16.5. The summed E-state index contributed by atoms with van der Waals surface area (Å²) in [5.74, 6) is -0.571. The van der Waals surface area contributed by atoms with Gasteiger partial charge in [-0.1, -0.05) is 60.7 Å². The van der Waals surface area contributed by atoms with Gasteiger partial charge in [0, 0.05) is 0 Å². The SMILES string of the molecule is COC(=O)c1cc(S(=O)(=O)NC(c2ccccc2)c2ccccc2C)ccc1C. The molecule has 29 heavy (non-hydrogen) atoms. The van der Waals surface area contributed by atoms with Gasteiger partial charge in [-0.05, 0) is 48.2 Å². The summed E-state index contributed by atoms with van der Waals surface area (Å²) in [6.45, 7) is 3.68. The molecule has 1 atom stereocenters. The highest BCUT2D eigenvalue weighted by Gasteiger charge is 2.25. The highest BCUT2D eigenvalue weighted by Crippen LogP contribution is 2.27. The molecule has 0 aromatic heterocycles. The Balaban J connectivity index is 2.06. The fourth-order valence-corrected chi connectivity index (χ4v) is 4.42. The van der Waals surface area contributed by atoms with E-state index in [1.807, 2.05) is 61.5 Å². The molecule has 0 bridgehead atoms. The molecule has 0 aliphatic rings. The molecule has 5 nitrogen and oxygen atoms in total. The van der Waals surface area contributed by atoms with E-state index in [0.717, 1.165) is 16.7 Å². The topological polar surface area (TPSA) is 72.5 Å². The summed E-state index contributed by atoms with van der Waals surface area (Å²) in [7, 11) is -2.64. The van der Waals surface area contributed by atoms with Crippen LogP contribution in [-0.2, 0) is 14.8 Å². The van der Waals surface area contributed by atoms with Gasteiger partial charge in [0.25, 0.3) is 0 Å². The van der Waals surface area contributed by atoms with Crippen LogP contribution < -0.4 is 4.72 Å². The Kier molecular flexibility index (Phi) is 6.15. The summed E-state index contributed by atoms with van der Waals surface area (Å²) in [4.78, 5) is 12.0. The van der Waals surface area contributed by atoms with E-state index in [1.54, 1.807) is 13.0 Å². The third kappa shape index (κ3) is 4.55. The lowest BCUT2D eigenvalue weighted by Gasteiger charge is -2.22. The lowest BCUT2D eigenvalue weighted by atomic mass is 9.96. The first-order valence-electron chi connectivity index (χ1n) is 9.15. The number of nitrogens with one attached hydrogen (secondary N) is 1. The molecule has 0 aliphatic heterocycles. The third-order valence-electron chi connectivity index (χ3n) is 4.83. The fourth-order valence-electron chi connectivity index (χ4n) is 3.19. The van der Waals surface area contributed by atoms with Crippen LogP contribution in [0.1, 0.15) is 38.7 Å². The minimum Gasteiger partial charge on any atom is -0.465 e. The second-order valence-electron chi connectivity index (χ2n) is 6.79. The van der Waals surface area contributed by atoms with Crippen LogP contribution in [0.3, 0.4) is 0 Å². The average Bonchev–Trinajstić information content (AvgIpc) is 2.73. The molecule has 0 aliphatic carbocycles. The Bertz CT molecular complexity index is 1120. The smallest absolute Gasteiger partial charge is 0.338 e. The quantitative estimate of drug-likeness (QED) is 0.621. The molecule has 1 unspecified atom stereocenters. The first kappa shape index (κ1) is 20.8. The van der Waals surface area contributed by atoms with Gasteiger partial charge in [-0.2, -0.15) is 4.72 Å². The first-order chi connectivity index (χ1) is 13.8. The zero-order valence-corrected chi connectivity index (χ0v) is 17.4. The Labute approximate surface area is 171 Å². The molecule has 0 saturated carbocycles. The van der Waals surface area contributed by atoms with Crippen molar-refractivity contribution in [2.24, 2.45) is 0 Å². The maximum atomic E-state index is 13.2. The van der Waals surface area contributed by atoms with Crippen LogP contribution in [0.25, 0.3) is 0 Å². The lowest BCUT2D eigenvalue weighted by Crippen LogP contribution is -2.30. The van der Waals surface area contributed by atoms with Crippen LogP contribution in [-0.4, -0.2) is 21.5 Å². The van der Waals surface area contributed by atoms with Gasteiger partial charge in [-0.25, -0.2) is 13.2 Å². The van der Waals surface area contributed by atoms with E-state index in [0.29, 0.717) is 5.56 Å². The van der Waals surface area contributed by atoms with Crippen molar-refractivity contribution in [1.29, 1.82) is 0 Å². The highest BCUT2D eigenvalue weighted by molar-refractivity contribution is 7.89. The summed E-state index contributed by atoms with van der Waals surface area (Å²) in [5.41, 5.74) is 3.54. The van der Waals surface area contributed by atoms with Gasteiger partial charge in [-0.3, -0.25) is 0 Å². The molecular weight excluding hydrogens is 386 g/mol. The monoisotopic (exact) mass is 409 g/mol. The first-order valence-corrected chi connectivity index (χ1v) is 10.6. The lowest BCUT2D eigenvalue weighted by molar-refractivity contribution is 0.0599. The van der Waals surface area contributed by atoms with Gasteiger partial charge >= 0.3 is 5.97 Å². The number of aryl methyl sites for hydroxylation is 2. The molecule has 150 valence electrons. The number of esters is 1. The van der Waals surface area contributed by atoms with Crippen LogP contribution >= 0.6 is 0 Å². The molecule has 3 aromatic rings. The van der Waals surface area contributed by atoms with Crippen LogP contribution in [0.5, 0.6) is 0 Å². The van der Waals surface area contributed by atoms with Crippen LogP contribution in [0.2, 0.25) is 0 Å². The maximum absolute atomic E-state index is 13.2. The molecule has 1 N–H and O–H groups in total. The number of benzene rings is 3. The Morgan fingerprint density at radius 1 is 0.897 bits per heavy atom. The van der Waals surface area contributed by atoms with E-state index in [4.69, 9.17) is 4.74 Å². The van der Waals surface area contributed by atoms with Crippen molar-refractivity contribution in [2.45, 2.75) is 24.8 Å². The van der Waals surface area contributed by atoms with Crippen LogP contribution in [0.15, 0.2) is 77.7 Å². The molecule has 0 radical (unpaired) electrons. The molecule has 6 heteroatoms. The largest absolute Gasteiger partial charge is 0.465 e. The van der Waals surface area contributed by atoms with Crippen molar-refractivity contribution in [2.75, 3.05) is 7.11 Å². The predicted molar refractivity (Wildman–Crippen MR) is 112 cm³/mol. The molecule has 0 heterocycles. The van der Waals surface area contributed by atoms with Gasteiger partial charge in [0.2, 0.25) is 10.0 Å². The number of carbonyl (C=O) groups is 1. The van der Waals surface area contributed by atoms with Crippen molar-refractivity contribution >= 4 is 16.0 Å². The Morgan fingerprint density at radius 3 is 2.21 bits per heavy atom. The van der Waals surface area contributed by atoms with Gasteiger partial charge in [0.15, 0.2) is 0 Å². The van der Waals surface area contributed by atoms with Crippen molar-refractivity contribution in [3.05, 3.63) is 101 Å². The van der Waals surface area contributed by atoms with E-state index >= 15 is 0 Å². The average molecular weight is 410 g/mol. The van der Waals surface area contributed by atoms with Gasteiger partial charge in [0.1, 0.15) is 0 Å². The number of hydrogen-bond donors (Lipinski definition) is 1. The van der Waals surface area contributed by atoms with Gasteiger partial charge < -0.3 is 4.74 Å². The van der Waals surface area contributed by atoms with Crippen molar-refractivity contribution in [3.8, 4) is 0 Å². The molecule has 3 aromatic carbocycles. The summed E-state index contributed by atoms with van der Waals surface area (Å²) in [6, 6.07) is 20.9. The normalized spacial score (nSPS) is 12.4. The minimum absolute atomic E-state index is 0.0121. The Hall–Kier alpha value is -2.96. The number of sulfonamides is 1. The number of carbonyl (C=O) groups excluding carboxylic acids is 1. The number of rotatable bonds is 6. The van der Waals surface area contributed by atoms with E-state index in [2.05, 4.69) is 4.72 Å². The standard InChI is InChI=1S/C23H23NO4S/c1-16-9-7-8-12-20(16)22(18-10-5-4-6-11-18)24-29(26,27)19-14-13-17(2)21(15-19)23(25)28-3/h4-15,22,24H,1-3H3. The number of ether oxygens (including phenoxy) is 1. The summed E-state index contributed by atoms with van der Waals surface area (Å²) in [5, 5.41) is 0. The molecule has 0 fully saturated rings. The number of hydrogen-bond acceptors (Lipinski definition) is 4. The Morgan fingerprint density at radius 2 is 1.55 bits per heavy atom. The second kappa shape index (κ2) is 8.59. The molecule has 3 rings (SSSR count). The zero-order chi connectivity index (χ0) is 21.0. The summed E-state index contributed by atoms with van der Waals surface area (Å²) >= 11 is 0. The van der Waals surface area contributed by atoms with Crippen molar-refractivity contribution < 1.29 is 17.9 Å². The second-order valence-corrected chi connectivity index (χ2v) is 8.50. The van der Waals surface area contributed by atoms with Gasteiger partial charge in [-0.15, -0.1) is 0 Å². The van der Waals surface area contributed by atoms with Gasteiger partial charge in [0.05, 0.1) is 23.6 Å².